The van der Waals surface area contributed by atoms with Crippen molar-refractivity contribution < 1.29 is 12.8 Å². The van der Waals surface area contributed by atoms with Crippen molar-refractivity contribution in [2.24, 2.45) is 0 Å². The molecule has 0 atom stereocenters. The molecule has 1 heterocycles. The Bertz CT molecular complexity index is 579. The van der Waals surface area contributed by atoms with Gasteiger partial charge in [0.1, 0.15) is 11.6 Å². The minimum atomic E-state index is -3.73. The summed E-state index contributed by atoms with van der Waals surface area (Å²) in [6.45, 7) is 0. The zero-order valence-electron chi connectivity index (χ0n) is 8.14. The van der Waals surface area contributed by atoms with Crippen molar-refractivity contribution in [1.29, 1.82) is 0 Å². The van der Waals surface area contributed by atoms with Gasteiger partial charge in [-0.15, -0.1) is 0 Å². The molecule has 0 aliphatic carbocycles. The predicted octanol–water partition coefficient (Wildman–Crippen LogP) is 1.95. The maximum Gasteiger partial charge on any atom is 0.263 e. The van der Waals surface area contributed by atoms with Crippen LogP contribution in [0.15, 0.2) is 47.5 Å². The number of benzene rings is 1. The molecule has 0 fully saturated rings. The lowest BCUT2D eigenvalue weighted by atomic mass is 10.4. The summed E-state index contributed by atoms with van der Waals surface area (Å²) in [6.07, 6.45) is 1.59. The van der Waals surface area contributed by atoms with Gasteiger partial charge in [0, 0.05) is 6.20 Å². The number of aromatic amines is 1. The standard InChI is InChI=1S/C10H9FN2O2S/c11-8-3-1-4-9(7-8)16(14,15)13-10-5-2-6-12-10/h1-7,12-13H. The summed E-state index contributed by atoms with van der Waals surface area (Å²) in [7, 11) is -3.73. The number of hydrogen-bond donors (Lipinski definition) is 2. The molecule has 4 nitrogen and oxygen atoms in total. The van der Waals surface area contributed by atoms with Crippen molar-refractivity contribution in [2.45, 2.75) is 4.90 Å². The minimum Gasteiger partial charge on any atom is -0.348 e. The number of halogens is 1. The van der Waals surface area contributed by atoms with Gasteiger partial charge in [0.15, 0.2) is 0 Å². The maximum absolute atomic E-state index is 12.9. The summed E-state index contributed by atoms with van der Waals surface area (Å²) in [5.41, 5.74) is 0. The van der Waals surface area contributed by atoms with Crippen LogP contribution >= 0.6 is 0 Å². The van der Waals surface area contributed by atoms with Gasteiger partial charge >= 0.3 is 0 Å². The molecule has 6 heteroatoms. The third-order valence-corrected chi connectivity index (χ3v) is 3.31. The molecule has 0 aliphatic rings. The summed E-state index contributed by atoms with van der Waals surface area (Å²) >= 11 is 0. The van der Waals surface area contributed by atoms with Gasteiger partial charge in [0.05, 0.1) is 4.90 Å². The second-order valence-electron chi connectivity index (χ2n) is 3.15. The average Bonchev–Trinajstić information content (AvgIpc) is 2.70. The van der Waals surface area contributed by atoms with Crippen LogP contribution in [0.4, 0.5) is 10.2 Å². The van der Waals surface area contributed by atoms with Crippen LogP contribution in [0, 0.1) is 5.82 Å². The van der Waals surface area contributed by atoms with Crippen LogP contribution in [0.1, 0.15) is 0 Å². The summed E-state index contributed by atoms with van der Waals surface area (Å²) in [5.74, 6) is -0.251. The van der Waals surface area contributed by atoms with Crippen LogP contribution in [-0.2, 0) is 10.0 Å². The van der Waals surface area contributed by atoms with Gasteiger partial charge in [-0.1, -0.05) is 6.07 Å². The predicted molar refractivity (Wildman–Crippen MR) is 58.0 cm³/mol. The number of nitrogens with one attached hydrogen (secondary N) is 2. The molecule has 1 aromatic carbocycles. The van der Waals surface area contributed by atoms with Gasteiger partial charge in [0.2, 0.25) is 0 Å². The third kappa shape index (κ3) is 2.22. The summed E-state index contributed by atoms with van der Waals surface area (Å²) < 4.78 is 38.7. The lowest BCUT2D eigenvalue weighted by Crippen LogP contribution is -2.13. The molecule has 0 radical (unpaired) electrons. The summed E-state index contributed by atoms with van der Waals surface area (Å²) in [6, 6.07) is 8.05. The van der Waals surface area contributed by atoms with E-state index in [2.05, 4.69) is 9.71 Å². The maximum atomic E-state index is 12.9. The second-order valence-corrected chi connectivity index (χ2v) is 4.83. The topological polar surface area (TPSA) is 62.0 Å². The molecule has 84 valence electrons. The quantitative estimate of drug-likeness (QED) is 0.861. The normalized spacial score (nSPS) is 11.3. The van der Waals surface area contributed by atoms with Gasteiger partial charge in [-0.3, -0.25) is 4.72 Å². The molecular weight excluding hydrogens is 231 g/mol. The number of anilines is 1. The Hall–Kier alpha value is -1.82. The Morgan fingerprint density at radius 1 is 1.19 bits per heavy atom. The van der Waals surface area contributed by atoms with Crippen molar-refractivity contribution in [2.75, 3.05) is 4.72 Å². The van der Waals surface area contributed by atoms with Crippen molar-refractivity contribution >= 4 is 15.8 Å². The molecule has 2 rings (SSSR count). The van der Waals surface area contributed by atoms with Gasteiger partial charge in [-0.2, -0.15) is 0 Å². The van der Waals surface area contributed by atoms with E-state index >= 15 is 0 Å². The molecule has 0 saturated heterocycles. The van der Waals surface area contributed by atoms with Crippen LogP contribution in [-0.4, -0.2) is 13.4 Å². The van der Waals surface area contributed by atoms with E-state index in [1.54, 1.807) is 18.3 Å². The monoisotopic (exact) mass is 240 g/mol. The highest BCUT2D eigenvalue weighted by Crippen LogP contribution is 2.14. The highest BCUT2D eigenvalue weighted by molar-refractivity contribution is 7.92. The Balaban J connectivity index is 2.33. The zero-order chi connectivity index (χ0) is 11.6. The van der Waals surface area contributed by atoms with Gasteiger partial charge in [0.25, 0.3) is 10.0 Å². The SMILES string of the molecule is O=S(=O)(Nc1ccc[nH]1)c1cccc(F)c1. The molecular formula is C10H9FN2O2S. The molecule has 0 unspecified atom stereocenters. The molecule has 0 saturated carbocycles. The number of hydrogen-bond acceptors (Lipinski definition) is 2. The lowest BCUT2D eigenvalue weighted by Gasteiger charge is -2.05. The fourth-order valence-corrected chi connectivity index (χ4v) is 2.29. The summed E-state index contributed by atoms with van der Waals surface area (Å²) in [4.78, 5) is 2.58. The van der Waals surface area contributed by atoms with Crippen LogP contribution in [0.3, 0.4) is 0 Å². The number of H-pyrrole nitrogens is 1. The molecule has 0 spiro atoms. The number of sulfonamides is 1. The molecule has 2 aromatic rings. The van der Waals surface area contributed by atoms with E-state index in [0.29, 0.717) is 5.82 Å². The van der Waals surface area contributed by atoms with E-state index in [0.717, 1.165) is 6.07 Å². The first-order valence-corrected chi connectivity index (χ1v) is 5.98. The van der Waals surface area contributed by atoms with E-state index < -0.39 is 15.8 Å². The van der Waals surface area contributed by atoms with Crippen molar-refractivity contribution in [3.8, 4) is 0 Å². The Morgan fingerprint density at radius 3 is 2.62 bits per heavy atom. The van der Waals surface area contributed by atoms with E-state index in [-0.39, 0.29) is 4.90 Å². The van der Waals surface area contributed by atoms with Crippen molar-refractivity contribution in [3.05, 3.63) is 48.4 Å². The van der Waals surface area contributed by atoms with Crippen molar-refractivity contribution in [1.82, 2.24) is 4.98 Å². The fraction of sp³-hybridized carbons (Fsp3) is 0. The third-order valence-electron chi connectivity index (χ3n) is 1.95. The first-order chi connectivity index (χ1) is 7.58. The lowest BCUT2D eigenvalue weighted by molar-refractivity contribution is 0.595. The molecule has 0 amide bonds. The summed E-state index contributed by atoms with van der Waals surface area (Å²) in [5, 5.41) is 0. The smallest absolute Gasteiger partial charge is 0.263 e. The average molecular weight is 240 g/mol. The molecule has 16 heavy (non-hydrogen) atoms. The first kappa shape index (κ1) is 10.7. The number of aromatic nitrogens is 1. The first-order valence-electron chi connectivity index (χ1n) is 4.50. The Labute approximate surface area is 92.2 Å². The number of rotatable bonds is 3. The second kappa shape index (κ2) is 3.97. The Morgan fingerprint density at radius 2 is 2.00 bits per heavy atom. The Kier molecular flexibility index (Phi) is 2.66. The van der Waals surface area contributed by atoms with Crippen molar-refractivity contribution in [3.63, 3.8) is 0 Å². The van der Waals surface area contributed by atoms with E-state index in [1.807, 2.05) is 0 Å². The zero-order valence-corrected chi connectivity index (χ0v) is 8.96. The van der Waals surface area contributed by atoms with Crippen LogP contribution in [0.25, 0.3) is 0 Å². The van der Waals surface area contributed by atoms with E-state index in [4.69, 9.17) is 0 Å². The fourth-order valence-electron chi connectivity index (χ4n) is 1.23. The van der Waals surface area contributed by atoms with Gasteiger partial charge in [-0.25, -0.2) is 12.8 Å². The highest BCUT2D eigenvalue weighted by Gasteiger charge is 2.14. The minimum absolute atomic E-state index is 0.109. The van der Waals surface area contributed by atoms with E-state index in [9.17, 15) is 12.8 Å². The van der Waals surface area contributed by atoms with Gasteiger partial charge < -0.3 is 4.98 Å². The van der Waals surface area contributed by atoms with Crippen LogP contribution in [0.2, 0.25) is 0 Å². The van der Waals surface area contributed by atoms with Crippen LogP contribution < -0.4 is 4.72 Å². The molecule has 1 aromatic heterocycles. The largest absolute Gasteiger partial charge is 0.348 e. The molecule has 2 N–H and O–H groups in total. The highest BCUT2D eigenvalue weighted by atomic mass is 32.2. The molecule has 0 bridgehead atoms. The van der Waals surface area contributed by atoms with Crippen LogP contribution in [0.5, 0.6) is 0 Å². The van der Waals surface area contributed by atoms with E-state index in [1.165, 1.54) is 18.2 Å². The molecule has 0 aliphatic heterocycles. The van der Waals surface area contributed by atoms with Gasteiger partial charge in [-0.05, 0) is 30.3 Å².